The van der Waals surface area contributed by atoms with E-state index in [0.29, 0.717) is 18.7 Å². The summed E-state index contributed by atoms with van der Waals surface area (Å²) in [6.45, 7) is 6.41. The molecular weight excluding hydrogens is 372 g/mol. The molecule has 0 unspecified atom stereocenters. The third-order valence-corrected chi connectivity index (χ3v) is 5.98. The Morgan fingerprint density at radius 1 is 0.533 bits per heavy atom. The summed E-state index contributed by atoms with van der Waals surface area (Å²) in [6, 6.07) is 0. The number of nitrogens with two attached hydrogens (primary N) is 1. The van der Waals surface area contributed by atoms with Crippen molar-refractivity contribution in [3.8, 4) is 0 Å². The minimum Gasteiger partial charge on any atom is -0.370 e. The monoisotopic (exact) mass is 424 g/mol. The molecule has 0 aromatic heterocycles. The van der Waals surface area contributed by atoms with Gasteiger partial charge in [0, 0.05) is 25.9 Å². The Kier molecular flexibility index (Phi) is 21.8. The number of carbonyl (C=O) groups is 2. The van der Waals surface area contributed by atoms with E-state index in [0.717, 1.165) is 64.5 Å². The molecule has 0 fully saturated rings. The van der Waals surface area contributed by atoms with Crippen molar-refractivity contribution in [3.05, 3.63) is 0 Å². The van der Waals surface area contributed by atoms with Crippen molar-refractivity contribution >= 4 is 11.8 Å². The fourth-order valence-electron chi connectivity index (χ4n) is 3.97. The van der Waals surface area contributed by atoms with Gasteiger partial charge in [-0.05, 0) is 25.7 Å². The molecule has 0 heterocycles. The maximum atomic E-state index is 12.8. The van der Waals surface area contributed by atoms with Crippen molar-refractivity contribution in [1.29, 1.82) is 0 Å². The molecule has 0 rings (SSSR count). The maximum absolute atomic E-state index is 12.8. The zero-order valence-electron chi connectivity index (χ0n) is 20.4. The molecule has 0 bridgehead atoms. The van der Waals surface area contributed by atoms with E-state index in [4.69, 9.17) is 5.73 Å². The van der Waals surface area contributed by atoms with Gasteiger partial charge in [-0.3, -0.25) is 9.59 Å². The highest BCUT2D eigenvalue weighted by Crippen LogP contribution is 2.13. The number of rotatable bonds is 23. The van der Waals surface area contributed by atoms with Crippen LogP contribution in [0.2, 0.25) is 0 Å². The van der Waals surface area contributed by atoms with E-state index in [1.54, 1.807) is 0 Å². The number of primary amides is 1. The second-order valence-corrected chi connectivity index (χ2v) is 9.00. The van der Waals surface area contributed by atoms with Gasteiger partial charge in [0.2, 0.25) is 11.8 Å². The van der Waals surface area contributed by atoms with Crippen molar-refractivity contribution in [2.75, 3.05) is 13.1 Å². The van der Waals surface area contributed by atoms with E-state index in [2.05, 4.69) is 18.7 Å². The predicted octanol–water partition coefficient (Wildman–Crippen LogP) is 7.14. The van der Waals surface area contributed by atoms with Crippen LogP contribution < -0.4 is 5.73 Å². The van der Waals surface area contributed by atoms with Gasteiger partial charge in [-0.1, -0.05) is 104 Å². The van der Waals surface area contributed by atoms with E-state index >= 15 is 0 Å². The van der Waals surface area contributed by atoms with Crippen molar-refractivity contribution in [2.24, 2.45) is 5.73 Å². The normalized spacial score (nSPS) is 11.0. The van der Waals surface area contributed by atoms with E-state index in [-0.39, 0.29) is 5.91 Å². The van der Waals surface area contributed by atoms with Gasteiger partial charge < -0.3 is 10.6 Å². The first-order valence-corrected chi connectivity index (χ1v) is 13.2. The van der Waals surface area contributed by atoms with Crippen LogP contribution in [-0.4, -0.2) is 29.8 Å². The van der Waals surface area contributed by atoms with Gasteiger partial charge in [-0.2, -0.15) is 0 Å². The zero-order valence-corrected chi connectivity index (χ0v) is 20.4. The van der Waals surface area contributed by atoms with Gasteiger partial charge >= 0.3 is 0 Å². The minimum absolute atomic E-state index is 0.198. The second-order valence-electron chi connectivity index (χ2n) is 9.00. The number of hydrogen-bond donors (Lipinski definition) is 1. The average molecular weight is 425 g/mol. The summed E-state index contributed by atoms with van der Waals surface area (Å²) in [7, 11) is 0. The molecule has 0 spiro atoms. The molecule has 2 N–H and O–H groups in total. The maximum Gasteiger partial charge on any atom is 0.222 e. The Labute approximate surface area is 187 Å². The van der Waals surface area contributed by atoms with Gasteiger partial charge in [0.05, 0.1) is 0 Å². The second kappa shape index (κ2) is 22.6. The Morgan fingerprint density at radius 3 is 1.33 bits per heavy atom. The van der Waals surface area contributed by atoms with Crippen molar-refractivity contribution in [1.82, 2.24) is 4.90 Å². The number of hydrogen-bond acceptors (Lipinski definition) is 2. The Bertz CT molecular complexity index is 382. The van der Waals surface area contributed by atoms with Gasteiger partial charge in [0.15, 0.2) is 0 Å². The molecule has 0 aliphatic heterocycles. The van der Waals surface area contributed by atoms with Crippen LogP contribution in [0.4, 0.5) is 0 Å². The number of unbranched alkanes of at least 4 members (excludes halogenated alkanes) is 15. The first-order chi connectivity index (χ1) is 14.6. The van der Waals surface area contributed by atoms with Crippen molar-refractivity contribution in [2.45, 2.75) is 142 Å². The van der Waals surface area contributed by atoms with Crippen LogP contribution in [0.15, 0.2) is 0 Å². The van der Waals surface area contributed by atoms with Crippen LogP contribution in [0.1, 0.15) is 142 Å². The lowest BCUT2D eigenvalue weighted by molar-refractivity contribution is -0.131. The number of carbonyl (C=O) groups excluding carboxylic acids is 2. The highest BCUT2D eigenvalue weighted by atomic mass is 16.2. The molecule has 0 aromatic rings. The number of amides is 2. The summed E-state index contributed by atoms with van der Waals surface area (Å²) in [5.41, 5.74) is 5.17. The molecule has 0 aliphatic carbocycles. The van der Waals surface area contributed by atoms with Gasteiger partial charge in [0.25, 0.3) is 0 Å². The van der Waals surface area contributed by atoms with E-state index in [9.17, 15) is 9.59 Å². The molecule has 4 nitrogen and oxygen atoms in total. The fraction of sp³-hybridized carbons (Fsp3) is 0.923. The standard InChI is InChI=1S/C26H52N2O2/c1-3-5-7-9-15-19-23-28(24-20-16-10-8-6-4-2)26(30)22-18-14-12-11-13-17-21-25(27)29/h3-24H2,1-2H3,(H2,27,29). The SMILES string of the molecule is CCCCCCCCN(CCCCCCCC)C(=O)CCCCCCCCC(N)=O. The van der Waals surface area contributed by atoms with E-state index in [1.807, 2.05) is 0 Å². The molecular formula is C26H52N2O2. The van der Waals surface area contributed by atoms with Crippen molar-refractivity contribution < 1.29 is 9.59 Å². The predicted molar refractivity (Wildman–Crippen MR) is 129 cm³/mol. The molecule has 0 atom stereocenters. The van der Waals surface area contributed by atoms with Gasteiger partial charge in [0.1, 0.15) is 0 Å². The summed E-state index contributed by atoms with van der Waals surface area (Å²) >= 11 is 0. The highest BCUT2D eigenvalue weighted by molar-refractivity contribution is 5.76. The summed E-state index contributed by atoms with van der Waals surface area (Å²) in [6.07, 6.45) is 22.9. The lowest BCUT2D eigenvalue weighted by Crippen LogP contribution is -2.32. The molecule has 178 valence electrons. The molecule has 0 aromatic carbocycles. The summed E-state index contributed by atoms with van der Waals surface area (Å²) in [4.78, 5) is 25.7. The first-order valence-electron chi connectivity index (χ1n) is 13.2. The Balaban J connectivity index is 4.01. The lowest BCUT2D eigenvalue weighted by Gasteiger charge is -2.23. The Hall–Kier alpha value is -1.06. The van der Waals surface area contributed by atoms with Crippen LogP contribution in [-0.2, 0) is 9.59 Å². The minimum atomic E-state index is -0.198. The molecule has 0 saturated heterocycles. The summed E-state index contributed by atoms with van der Waals surface area (Å²) < 4.78 is 0. The largest absolute Gasteiger partial charge is 0.370 e. The van der Waals surface area contributed by atoms with Gasteiger partial charge in [-0.15, -0.1) is 0 Å². The van der Waals surface area contributed by atoms with Crippen LogP contribution in [0.5, 0.6) is 0 Å². The van der Waals surface area contributed by atoms with E-state index in [1.165, 1.54) is 64.2 Å². The molecule has 0 aliphatic rings. The summed E-state index contributed by atoms with van der Waals surface area (Å²) in [5.74, 6) is 0.169. The van der Waals surface area contributed by atoms with E-state index < -0.39 is 0 Å². The molecule has 0 radical (unpaired) electrons. The highest BCUT2D eigenvalue weighted by Gasteiger charge is 2.12. The third kappa shape index (κ3) is 20.2. The van der Waals surface area contributed by atoms with Crippen LogP contribution >= 0.6 is 0 Å². The Morgan fingerprint density at radius 2 is 0.900 bits per heavy atom. The molecule has 2 amide bonds. The molecule has 30 heavy (non-hydrogen) atoms. The molecule has 4 heteroatoms. The zero-order chi connectivity index (χ0) is 22.3. The smallest absolute Gasteiger partial charge is 0.222 e. The first kappa shape index (κ1) is 28.9. The lowest BCUT2D eigenvalue weighted by atomic mass is 10.1. The quantitative estimate of drug-likeness (QED) is 0.177. The van der Waals surface area contributed by atoms with Crippen molar-refractivity contribution in [3.63, 3.8) is 0 Å². The van der Waals surface area contributed by atoms with Crippen LogP contribution in [0.3, 0.4) is 0 Å². The van der Waals surface area contributed by atoms with Crippen LogP contribution in [0.25, 0.3) is 0 Å². The number of nitrogens with zero attached hydrogens (tertiary/aromatic N) is 1. The molecule has 0 saturated carbocycles. The summed E-state index contributed by atoms with van der Waals surface area (Å²) in [5, 5.41) is 0. The topological polar surface area (TPSA) is 63.4 Å². The van der Waals surface area contributed by atoms with Gasteiger partial charge in [-0.25, -0.2) is 0 Å². The third-order valence-electron chi connectivity index (χ3n) is 5.98. The fourth-order valence-corrected chi connectivity index (χ4v) is 3.97. The van der Waals surface area contributed by atoms with Crippen LogP contribution in [0, 0.1) is 0 Å². The average Bonchev–Trinajstić information content (AvgIpc) is 2.73.